The number of hydrogen-bond acceptors (Lipinski definition) is 2. The summed E-state index contributed by atoms with van der Waals surface area (Å²) in [6.45, 7) is 9.43. The number of nitrogens with zero attached hydrogens (tertiary/aromatic N) is 2. The van der Waals surface area contributed by atoms with Crippen molar-refractivity contribution in [3.05, 3.63) is 12.4 Å². The van der Waals surface area contributed by atoms with E-state index in [-0.39, 0.29) is 0 Å². The molecular formula is C26H52N2. The van der Waals surface area contributed by atoms with Gasteiger partial charge in [-0.25, -0.2) is 0 Å². The van der Waals surface area contributed by atoms with Crippen LogP contribution in [0.2, 0.25) is 0 Å². The van der Waals surface area contributed by atoms with Crippen LogP contribution >= 0.6 is 0 Å². The van der Waals surface area contributed by atoms with E-state index in [1.165, 1.54) is 129 Å². The van der Waals surface area contributed by atoms with Crippen LogP contribution in [-0.4, -0.2) is 29.1 Å². The molecule has 0 radical (unpaired) electrons. The smallest absolute Gasteiger partial charge is 0.101 e. The molecule has 0 aromatic carbocycles. The van der Waals surface area contributed by atoms with E-state index in [0.29, 0.717) is 6.17 Å². The molecule has 0 bridgehead atoms. The Morgan fingerprint density at radius 3 is 1.29 bits per heavy atom. The Kier molecular flexibility index (Phi) is 16.7. The molecule has 0 fully saturated rings. The summed E-state index contributed by atoms with van der Waals surface area (Å²) in [5.74, 6) is 0. The van der Waals surface area contributed by atoms with Crippen molar-refractivity contribution in [3.8, 4) is 0 Å². The van der Waals surface area contributed by atoms with Gasteiger partial charge in [0.1, 0.15) is 6.17 Å². The van der Waals surface area contributed by atoms with Crippen molar-refractivity contribution in [1.82, 2.24) is 9.80 Å². The second-order valence-electron chi connectivity index (χ2n) is 8.99. The van der Waals surface area contributed by atoms with E-state index >= 15 is 0 Å². The first-order valence-corrected chi connectivity index (χ1v) is 13.0. The van der Waals surface area contributed by atoms with Crippen LogP contribution in [0.15, 0.2) is 12.4 Å². The largest absolute Gasteiger partial charge is 0.356 e. The van der Waals surface area contributed by atoms with E-state index in [9.17, 15) is 0 Å². The highest BCUT2D eigenvalue weighted by molar-refractivity contribution is 4.96. The lowest BCUT2D eigenvalue weighted by molar-refractivity contribution is 0.135. The second kappa shape index (κ2) is 18.4. The molecule has 0 saturated heterocycles. The quantitative estimate of drug-likeness (QED) is 0.192. The molecule has 1 heterocycles. The Morgan fingerprint density at radius 2 is 0.821 bits per heavy atom. The molecule has 0 aliphatic carbocycles. The molecule has 1 rings (SSSR count). The summed E-state index contributed by atoms with van der Waals surface area (Å²) in [7, 11) is 0. The summed E-state index contributed by atoms with van der Waals surface area (Å²) in [6, 6.07) is 0. The third kappa shape index (κ3) is 12.0. The molecule has 1 atom stereocenters. The van der Waals surface area contributed by atoms with Crippen LogP contribution in [0.3, 0.4) is 0 Å². The summed E-state index contributed by atoms with van der Waals surface area (Å²) in [4.78, 5) is 5.32. The molecule has 1 aliphatic rings. The van der Waals surface area contributed by atoms with Gasteiger partial charge in [-0.2, -0.15) is 0 Å². The van der Waals surface area contributed by atoms with Crippen LogP contribution in [0.1, 0.15) is 136 Å². The van der Waals surface area contributed by atoms with Crippen LogP contribution in [0.4, 0.5) is 0 Å². The number of hydrogen-bond donors (Lipinski definition) is 0. The van der Waals surface area contributed by atoms with Gasteiger partial charge in [0.05, 0.1) is 0 Å². The lowest BCUT2D eigenvalue weighted by Crippen LogP contribution is -2.39. The van der Waals surface area contributed by atoms with Crippen LogP contribution in [0.25, 0.3) is 0 Å². The van der Waals surface area contributed by atoms with Gasteiger partial charge in [0.25, 0.3) is 0 Å². The molecule has 166 valence electrons. The highest BCUT2D eigenvalue weighted by Gasteiger charge is 2.24. The standard InChI is InChI=1S/C26H52N2/c1-4-7-10-13-15-17-20-23-28-25-24-27(22-19-12-9-6-3)26(28)21-18-16-14-11-8-5-2/h24-26H,4-23H2,1-3H3. The minimum atomic E-state index is 0.646. The minimum absolute atomic E-state index is 0.646. The molecule has 1 aliphatic heterocycles. The topological polar surface area (TPSA) is 6.48 Å². The zero-order valence-corrected chi connectivity index (χ0v) is 19.8. The summed E-state index contributed by atoms with van der Waals surface area (Å²) in [6.07, 6.45) is 30.6. The maximum atomic E-state index is 2.66. The highest BCUT2D eigenvalue weighted by atomic mass is 15.4. The van der Waals surface area contributed by atoms with Crippen LogP contribution in [0.5, 0.6) is 0 Å². The maximum absolute atomic E-state index is 2.66. The van der Waals surface area contributed by atoms with Gasteiger partial charge in [-0.05, 0) is 25.7 Å². The molecule has 0 aromatic rings. The van der Waals surface area contributed by atoms with Crippen molar-refractivity contribution >= 4 is 0 Å². The highest BCUT2D eigenvalue weighted by Crippen LogP contribution is 2.23. The Balaban J connectivity index is 2.30. The molecule has 0 aromatic heterocycles. The summed E-state index contributed by atoms with van der Waals surface area (Å²) in [5, 5.41) is 0. The van der Waals surface area contributed by atoms with Gasteiger partial charge < -0.3 is 9.80 Å². The molecule has 0 saturated carbocycles. The summed E-state index contributed by atoms with van der Waals surface area (Å²) >= 11 is 0. The van der Waals surface area contributed by atoms with E-state index in [1.807, 2.05) is 0 Å². The maximum Gasteiger partial charge on any atom is 0.101 e. The Morgan fingerprint density at radius 1 is 0.464 bits per heavy atom. The van der Waals surface area contributed by atoms with Crippen LogP contribution < -0.4 is 0 Å². The average molecular weight is 393 g/mol. The van der Waals surface area contributed by atoms with E-state index in [1.54, 1.807) is 0 Å². The van der Waals surface area contributed by atoms with E-state index in [0.717, 1.165) is 0 Å². The molecule has 0 N–H and O–H groups in total. The second-order valence-corrected chi connectivity index (χ2v) is 8.99. The SMILES string of the molecule is CCCCCCCCCN1C=CN(CCCCCC)C1CCCCCCCC. The van der Waals surface area contributed by atoms with Gasteiger partial charge in [-0.1, -0.05) is 111 Å². The first-order chi connectivity index (χ1) is 13.8. The lowest BCUT2D eigenvalue weighted by Gasteiger charge is -2.33. The summed E-state index contributed by atoms with van der Waals surface area (Å²) in [5.41, 5.74) is 0. The Labute approximate surface area is 178 Å². The van der Waals surface area contributed by atoms with Crippen LogP contribution in [0, 0.1) is 0 Å². The van der Waals surface area contributed by atoms with Crippen molar-refractivity contribution in [2.75, 3.05) is 13.1 Å². The fraction of sp³-hybridized carbons (Fsp3) is 0.923. The average Bonchev–Trinajstić information content (AvgIpc) is 3.09. The fourth-order valence-electron chi connectivity index (χ4n) is 4.42. The Bertz CT molecular complexity index is 352. The third-order valence-corrected chi connectivity index (χ3v) is 6.32. The first kappa shape index (κ1) is 25.4. The fourth-order valence-corrected chi connectivity index (χ4v) is 4.42. The van der Waals surface area contributed by atoms with Gasteiger partial charge in [0.2, 0.25) is 0 Å². The van der Waals surface area contributed by atoms with Crippen LogP contribution in [-0.2, 0) is 0 Å². The molecule has 1 unspecified atom stereocenters. The zero-order valence-electron chi connectivity index (χ0n) is 19.8. The monoisotopic (exact) mass is 392 g/mol. The van der Waals surface area contributed by atoms with Crippen molar-refractivity contribution < 1.29 is 0 Å². The van der Waals surface area contributed by atoms with Crippen molar-refractivity contribution in [3.63, 3.8) is 0 Å². The molecule has 28 heavy (non-hydrogen) atoms. The lowest BCUT2D eigenvalue weighted by atomic mass is 10.1. The zero-order chi connectivity index (χ0) is 20.3. The predicted octanol–water partition coefficient (Wildman–Crippen LogP) is 8.48. The van der Waals surface area contributed by atoms with Crippen molar-refractivity contribution in [2.24, 2.45) is 0 Å². The van der Waals surface area contributed by atoms with E-state index in [2.05, 4.69) is 43.0 Å². The van der Waals surface area contributed by atoms with Gasteiger partial charge in [-0.3, -0.25) is 0 Å². The Hall–Kier alpha value is -0.660. The first-order valence-electron chi connectivity index (χ1n) is 13.0. The molecule has 2 nitrogen and oxygen atoms in total. The third-order valence-electron chi connectivity index (χ3n) is 6.32. The normalized spacial score (nSPS) is 16.5. The summed E-state index contributed by atoms with van der Waals surface area (Å²) < 4.78 is 0. The van der Waals surface area contributed by atoms with E-state index in [4.69, 9.17) is 0 Å². The predicted molar refractivity (Wildman–Crippen MR) is 126 cm³/mol. The van der Waals surface area contributed by atoms with Gasteiger partial charge >= 0.3 is 0 Å². The van der Waals surface area contributed by atoms with Gasteiger partial charge in [0, 0.05) is 25.5 Å². The molecule has 0 amide bonds. The van der Waals surface area contributed by atoms with Crippen molar-refractivity contribution in [2.45, 2.75) is 143 Å². The van der Waals surface area contributed by atoms with E-state index < -0.39 is 0 Å². The molecular weight excluding hydrogens is 340 g/mol. The van der Waals surface area contributed by atoms with Gasteiger partial charge in [-0.15, -0.1) is 0 Å². The molecule has 2 heteroatoms. The number of rotatable bonds is 20. The van der Waals surface area contributed by atoms with Crippen molar-refractivity contribution in [1.29, 1.82) is 0 Å². The van der Waals surface area contributed by atoms with Gasteiger partial charge in [0.15, 0.2) is 0 Å². The molecule has 0 spiro atoms. The number of unbranched alkanes of at least 4 members (excludes halogenated alkanes) is 14. The minimum Gasteiger partial charge on any atom is -0.356 e.